The third kappa shape index (κ3) is 3.34. The summed E-state index contributed by atoms with van der Waals surface area (Å²) in [4.78, 5) is 11.6. The molecule has 1 atom stereocenters. The van der Waals surface area contributed by atoms with E-state index in [0.29, 0.717) is 26.2 Å². The first-order chi connectivity index (χ1) is 7.56. The number of amides is 1. The van der Waals surface area contributed by atoms with Gasteiger partial charge in [-0.05, 0) is 26.2 Å². The fraction of sp³-hybridized carbons (Fsp3) is 0.909. The molecule has 17 heavy (non-hydrogen) atoms. The Labute approximate surface area is 99.9 Å². The Morgan fingerprint density at radius 2 is 1.47 bits per heavy atom. The molecule has 0 aliphatic carbocycles. The lowest BCUT2D eigenvalue weighted by molar-refractivity contribution is -0.188. The molecule has 0 rings (SSSR count). The van der Waals surface area contributed by atoms with Crippen LogP contribution in [0.25, 0.3) is 0 Å². The predicted molar refractivity (Wildman–Crippen MR) is 60.4 cm³/mol. The molecule has 6 heteroatoms. The van der Waals surface area contributed by atoms with Crippen LogP contribution in [0.1, 0.15) is 47.0 Å². The van der Waals surface area contributed by atoms with Crippen molar-refractivity contribution in [3.05, 3.63) is 0 Å². The van der Waals surface area contributed by atoms with Gasteiger partial charge in [-0.25, -0.2) is 0 Å². The van der Waals surface area contributed by atoms with Gasteiger partial charge in [-0.3, -0.25) is 4.79 Å². The zero-order valence-corrected chi connectivity index (χ0v) is 10.7. The molecule has 0 aliphatic rings. The third-order valence-corrected chi connectivity index (χ3v) is 3.47. The molecule has 3 N–H and O–H groups in total. The molecule has 0 heterocycles. The summed E-state index contributed by atoms with van der Waals surface area (Å²) in [5.74, 6) is -1.17. The van der Waals surface area contributed by atoms with Crippen LogP contribution in [0, 0.1) is 0 Å². The van der Waals surface area contributed by atoms with Gasteiger partial charge in [-0.15, -0.1) is 0 Å². The summed E-state index contributed by atoms with van der Waals surface area (Å²) in [6, 6.07) is 0. The largest absolute Gasteiger partial charge is 0.415 e. The fourth-order valence-electron chi connectivity index (χ4n) is 1.51. The zero-order valence-electron chi connectivity index (χ0n) is 10.7. The van der Waals surface area contributed by atoms with Gasteiger partial charge in [0, 0.05) is 5.54 Å². The number of carbonyl (C=O) groups excluding carboxylic acids is 1. The van der Waals surface area contributed by atoms with Crippen molar-refractivity contribution < 1.29 is 18.0 Å². The monoisotopic (exact) mass is 254 g/mol. The van der Waals surface area contributed by atoms with Crippen molar-refractivity contribution in [2.24, 2.45) is 5.73 Å². The summed E-state index contributed by atoms with van der Waals surface area (Å²) in [6.45, 7) is 6.17. The van der Waals surface area contributed by atoms with Crippen molar-refractivity contribution in [3.8, 4) is 0 Å². The lowest BCUT2D eigenvalue weighted by Gasteiger charge is -2.36. The molecule has 0 fully saturated rings. The van der Waals surface area contributed by atoms with Gasteiger partial charge >= 0.3 is 6.18 Å². The third-order valence-electron chi connectivity index (χ3n) is 3.47. The SMILES string of the molecule is CCC(CC)(CC)NC(=O)C(C)(N)C(F)(F)F. The number of halogens is 3. The Bertz CT molecular complexity index is 262. The number of alkyl halides is 3. The van der Waals surface area contributed by atoms with E-state index in [-0.39, 0.29) is 0 Å². The highest BCUT2D eigenvalue weighted by molar-refractivity contribution is 5.87. The second-order valence-electron chi connectivity index (χ2n) is 4.50. The standard InChI is InChI=1S/C11H21F3N2O/c1-5-10(6-2,7-3)16-8(17)9(4,15)11(12,13)14/h5-7,15H2,1-4H3,(H,16,17). The first-order valence-corrected chi connectivity index (χ1v) is 5.74. The maximum absolute atomic E-state index is 12.6. The van der Waals surface area contributed by atoms with Crippen LogP contribution >= 0.6 is 0 Å². The van der Waals surface area contributed by atoms with E-state index in [0.717, 1.165) is 0 Å². The molecule has 0 aliphatic heterocycles. The van der Waals surface area contributed by atoms with Crippen LogP contribution in [-0.4, -0.2) is 23.2 Å². The molecule has 0 spiro atoms. The average molecular weight is 254 g/mol. The van der Waals surface area contributed by atoms with E-state index >= 15 is 0 Å². The molecule has 0 aromatic carbocycles. The van der Waals surface area contributed by atoms with Gasteiger partial charge in [-0.1, -0.05) is 20.8 Å². The zero-order chi connectivity index (χ0) is 13.9. The van der Waals surface area contributed by atoms with E-state index in [1.54, 1.807) is 0 Å². The average Bonchev–Trinajstić information content (AvgIpc) is 2.24. The Kier molecular flexibility index (Phi) is 5.01. The number of nitrogens with one attached hydrogen (secondary N) is 1. The molecule has 3 nitrogen and oxygen atoms in total. The molecule has 1 amide bonds. The van der Waals surface area contributed by atoms with E-state index in [9.17, 15) is 18.0 Å². The minimum absolute atomic E-state index is 0.569. The fourth-order valence-corrected chi connectivity index (χ4v) is 1.51. The van der Waals surface area contributed by atoms with E-state index in [2.05, 4.69) is 5.32 Å². The van der Waals surface area contributed by atoms with Crippen molar-refractivity contribution in [2.75, 3.05) is 0 Å². The lowest BCUT2D eigenvalue weighted by atomic mass is 9.88. The van der Waals surface area contributed by atoms with E-state index in [1.807, 2.05) is 20.8 Å². The summed E-state index contributed by atoms with van der Waals surface area (Å²) in [7, 11) is 0. The number of carbonyl (C=O) groups is 1. The van der Waals surface area contributed by atoms with Crippen molar-refractivity contribution in [1.29, 1.82) is 0 Å². The summed E-state index contributed by atoms with van der Waals surface area (Å²) in [6.07, 6.45) is -3.04. The lowest BCUT2D eigenvalue weighted by Crippen LogP contribution is -2.65. The van der Waals surface area contributed by atoms with Crippen molar-refractivity contribution in [3.63, 3.8) is 0 Å². The van der Waals surface area contributed by atoms with Crippen molar-refractivity contribution >= 4 is 5.91 Å². The highest BCUT2D eigenvalue weighted by Crippen LogP contribution is 2.29. The molecular weight excluding hydrogens is 233 g/mol. The topological polar surface area (TPSA) is 55.1 Å². The predicted octanol–water partition coefficient (Wildman–Crippen LogP) is 2.35. The molecule has 1 unspecified atom stereocenters. The Balaban J connectivity index is 4.97. The summed E-state index contributed by atoms with van der Waals surface area (Å²) >= 11 is 0. The van der Waals surface area contributed by atoms with Gasteiger partial charge < -0.3 is 11.1 Å². The van der Waals surface area contributed by atoms with Gasteiger partial charge in [-0.2, -0.15) is 13.2 Å². The van der Waals surface area contributed by atoms with Gasteiger partial charge in [0.25, 0.3) is 0 Å². The summed E-state index contributed by atoms with van der Waals surface area (Å²) in [5.41, 5.74) is 1.61. The van der Waals surface area contributed by atoms with Crippen LogP contribution in [0.4, 0.5) is 13.2 Å². The molecule has 0 saturated heterocycles. The van der Waals surface area contributed by atoms with Gasteiger partial charge in [0.15, 0.2) is 5.54 Å². The highest BCUT2D eigenvalue weighted by atomic mass is 19.4. The second kappa shape index (κ2) is 5.25. The van der Waals surface area contributed by atoms with Crippen LogP contribution in [0.2, 0.25) is 0 Å². The maximum Gasteiger partial charge on any atom is 0.415 e. The molecule has 0 bridgehead atoms. The van der Waals surface area contributed by atoms with E-state index < -0.39 is 23.2 Å². The minimum atomic E-state index is -4.75. The second-order valence-corrected chi connectivity index (χ2v) is 4.50. The Morgan fingerprint density at radius 1 is 1.12 bits per heavy atom. The normalized spacial score (nSPS) is 16.5. The van der Waals surface area contributed by atoms with Crippen LogP contribution in [0.15, 0.2) is 0 Å². The highest BCUT2D eigenvalue weighted by Gasteiger charge is 2.54. The van der Waals surface area contributed by atoms with Crippen molar-refractivity contribution in [2.45, 2.75) is 64.2 Å². The quantitative estimate of drug-likeness (QED) is 0.791. The smallest absolute Gasteiger partial charge is 0.349 e. The Morgan fingerprint density at radius 3 is 1.71 bits per heavy atom. The number of hydrogen-bond donors (Lipinski definition) is 2. The molecule has 0 saturated carbocycles. The van der Waals surface area contributed by atoms with E-state index in [4.69, 9.17) is 5.73 Å². The van der Waals surface area contributed by atoms with Crippen LogP contribution in [-0.2, 0) is 4.79 Å². The number of hydrogen-bond acceptors (Lipinski definition) is 2. The van der Waals surface area contributed by atoms with E-state index in [1.165, 1.54) is 0 Å². The number of rotatable bonds is 5. The number of nitrogens with two attached hydrogens (primary N) is 1. The van der Waals surface area contributed by atoms with Gasteiger partial charge in [0.05, 0.1) is 0 Å². The molecule has 0 aromatic heterocycles. The van der Waals surface area contributed by atoms with Crippen molar-refractivity contribution in [1.82, 2.24) is 5.32 Å². The first kappa shape index (κ1) is 16.2. The molecule has 0 aromatic rings. The van der Waals surface area contributed by atoms with Gasteiger partial charge in [0.1, 0.15) is 0 Å². The summed E-state index contributed by atoms with van der Waals surface area (Å²) in [5, 5.41) is 2.44. The minimum Gasteiger partial charge on any atom is -0.349 e. The summed E-state index contributed by atoms with van der Waals surface area (Å²) < 4.78 is 37.8. The first-order valence-electron chi connectivity index (χ1n) is 5.74. The van der Waals surface area contributed by atoms with Crippen LogP contribution < -0.4 is 11.1 Å². The Hall–Kier alpha value is -0.780. The van der Waals surface area contributed by atoms with Gasteiger partial charge in [0.2, 0.25) is 5.91 Å². The maximum atomic E-state index is 12.6. The van der Waals surface area contributed by atoms with Crippen LogP contribution in [0.3, 0.4) is 0 Å². The molecular formula is C11H21F3N2O. The molecule has 0 radical (unpaired) electrons. The molecule has 102 valence electrons. The van der Waals surface area contributed by atoms with Crippen LogP contribution in [0.5, 0.6) is 0 Å².